The van der Waals surface area contributed by atoms with Crippen molar-refractivity contribution < 1.29 is 24.0 Å². The van der Waals surface area contributed by atoms with Crippen molar-refractivity contribution in [3.05, 3.63) is 101 Å². The molecule has 11 heteroatoms. The Morgan fingerprint density at radius 2 is 1.86 bits per heavy atom. The fraction of sp³-hybridized carbons (Fsp3) is 0.115. The van der Waals surface area contributed by atoms with Crippen LogP contribution in [0, 0.1) is 13.7 Å². The molecular formula is C26H19BrIN3O6. The number of hydrogen-bond acceptors (Lipinski definition) is 6. The molecule has 1 heterocycles. The first-order chi connectivity index (χ1) is 17.7. The van der Waals surface area contributed by atoms with Crippen molar-refractivity contribution in [2.45, 2.75) is 13.3 Å². The third-order valence-electron chi connectivity index (χ3n) is 5.51. The number of halogens is 2. The third-order valence-corrected chi connectivity index (χ3v) is 7.25. The van der Waals surface area contributed by atoms with Gasteiger partial charge in [0.25, 0.3) is 17.5 Å². The molecule has 1 aliphatic heterocycles. The summed E-state index contributed by atoms with van der Waals surface area (Å²) >= 11 is 5.76. The Bertz CT molecular complexity index is 1470. The van der Waals surface area contributed by atoms with Crippen molar-refractivity contribution in [2.24, 2.45) is 0 Å². The summed E-state index contributed by atoms with van der Waals surface area (Å²) in [5.74, 6) is -1.14. The van der Waals surface area contributed by atoms with Crippen molar-refractivity contribution in [1.82, 2.24) is 5.32 Å². The second kappa shape index (κ2) is 11.2. The van der Waals surface area contributed by atoms with Crippen LogP contribution in [-0.2, 0) is 16.0 Å². The van der Waals surface area contributed by atoms with Gasteiger partial charge in [-0.25, -0.2) is 9.69 Å². The topological polar surface area (TPSA) is 119 Å². The Kier molecular flexibility index (Phi) is 8.03. The molecule has 4 amide bonds. The number of anilines is 1. The summed E-state index contributed by atoms with van der Waals surface area (Å²) in [5.41, 5.74) is 1.93. The number of nitrogens with zero attached hydrogens (tertiary/aromatic N) is 2. The van der Waals surface area contributed by atoms with Gasteiger partial charge < -0.3 is 4.74 Å². The highest BCUT2D eigenvalue weighted by atomic mass is 127. The number of nitrogens with one attached hydrogen (secondary N) is 1. The molecule has 0 saturated carbocycles. The number of non-ortho nitro benzene ring substituents is 1. The van der Waals surface area contributed by atoms with Gasteiger partial charge in [-0.2, -0.15) is 0 Å². The molecule has 0 unspecified atom stereocenters. The molecule has 0 spiro atoms. The number of rotatable bonds is 7. The molecule has 0 bridgehead atoms. The van der Waals surface area contributed by atoms with Crippen molar-refractivity contribution in [3.63, 3.8) is 0 Å². The maximum absolute atomic E-state index is 13.2. The van der Waals surface area contributed by atoms with Gasteiger partial charge in [-0.3, -0.25) is 25.0 Å². The molecule has 1 aliphatic rings. The Balaban J connectivity index is 1.73. The largest absolute Gasteiger partial charge is 0.494 e. The van der Waals surface area contributed by atoms with Gasteiger partial charge in [0.05, 0.1) is 17.2 Å². The summed E-state index contributed by atoms with van der Waals surface area (Å²) < 4.78 is 7.72. The van der Waals surface area contributed by atoms with Crippen LogP contribution in [0.15, 0.2) is 70.7 Å². The molecule has 0 radical (unpaired) electrons. The van der Waals surface area contributed by atoms with Crippen molar-refractivity contribution in [2.75, 3.05) is 11.5 Å². The zero-order valence-electron chi connectivity index (χ0n) is 19.4. The number of carbonyl (C=O) groups excluding carboxylic acids is 3. The van der Waals surface area contributed by atoms with Gasteiger partial charge in [0.15, 0.2) is 0 Å². The van der Waals surface area contributed by atoms with Gasteiger partial charge in [-0.1, -0.05) is 40.2 Å². The minimum atomic E-state index is -0.985. The molecule has 9 nitrogen and oxygen atoms in total. The Morgan fingerprint density at radius 1 is 1.11 bits per heavy atom. The second-order valence-corrected chi connectivity index (χ2v) is 9.93. The van der Waals surface area contributed by atoms with Crippen LogP contribution in [0.25, 0.3) is 6.08 Å². The molecular weight excluding hydrogens is 657 g/mol. The maximum Gasteiger partial charge on any atom is 0.335 e. The number of benzene rings is 3. The van der Waals surface area contributed by atoms with Gasteiger partial charge >= 0.3 is 6.03 Å². The third kappa shape index (κ3) is 5.72. The monoisotopic (exact) mass is 675 g/mol. The van der Waals surface area contributed by atoms with Crippen LogP contribution < -0.4 is 15.0 Å². The number of carbonyl (C=O) groups is 3. The second-order valence-electron chi connectivity index (χ2n) is 7.92. The molecule has 1 fully saturated rings. The van der Waals surface area contributed by atoms with E-state index < -0.39 is 22.8 Å². The standard InChI is InChI=1S/C26H19BrIN3O6/c1-2-37-23-12-15(11-22(28)19(23)13-16-6-3-4-9-21(16)27)10-20-24(32)29-26(34)30(25(20)33)17-7-5-8-18(14-17)31(35)36/h3-12,14H,2,13H2,1H3,(H,29,32,34)/b20-10+. The van der Waals surface area contributed by atoms with Gasteiger partial charge in [0.2, 0.25) is 0 Å². The SMILES string of the molecule is CCOc1cc(/C=C2\C(=O)NC(=O)N(c3cccc([N+](=O)[O-])c3)C2=O)cc(I)c1Cc1ccccc1Br. The Labute approximate surface area is 233 Å². The molecule has 1 N–H and O–H groups in total. The average Bonchev–Trinajstić information content (AvgIpc) is 2.85. The zero-order valence-corrected chi connectivity index (χ0v) is 23.1. The number of urea groups is 1. The minimum absolute atomic E-state index is 0.0246. The molecule has 3 aromatic rings. The van der Waals surface area contributed by atoms with E-state index >= 15 is 0 Å². The molecule has 0 aromatic heterocycles. The minimum Gasteiger partial charge on any atom is -0.494 e. The fourth-order valence-electron chi connectivity index (χ4n) is 3.81. The number of imide groups is 2. The van der Waals surface area contributed by atoms with Crippen LogP contribution in [-0.4, -0.2) is 29.4 Å². The lowest BCUT2D eigenvalue weighted by Crippen LogP contribution is -2.54. The molecule has 1 saturated heterocycles. The molecule has 188 valence electrons. The molecule has 37 heavy (non-hydrogen) atoms. The summed E-state index contributed by atoms with van der Waals surface area (Å²) in [6.45, 7) is 2.27. The summed E-state index contributed by atoms with van der Waals surface area (Å²) in [6.07, 6.45) is 1.97. The van der Waals surface area contributed by atoms with E-state index in [2.05, 4.69) is 43.8 Å². The quantitative estimate of drug-likeness (QED) is 0.114. The number of nitro benzene ring substituents is 1. The van der Waals surface area contributed by atoms with E-state index in [1.54, 1.807) is 6.07 Å². The van der Waals surface area contributed by atoms with E-state index in [4.69, 9.17) is 4.74 Å². The number of nitro groups is 1. The Hall–Kier alpha value is -3.58. The van der Waals surface area contributed by atoms with E-state index in [1.807, 2.05) is 37.3 Å². The lowest BCUT2D eigenvalue weighted by atomic mass is 10.0. The summed E-state index contributed by atoms with van der Waals surface area (Å²) in [7, 11) is 0. The van der Waals surface area contributed by atoms with Gasteiger partial charge in [0.1, 0.15) is 11.3 Å². The highest BCUT2D eigenvalue weighted by molar-refractivity contribution is 14.1. The Morgan fingerprint density at radius 3 is 2.57 bits per heavy atom. The lowest BCUT2D eigenvalue weighted by Gasteiger charge is -2.26. The van der Waals surface area contributed by atoms with Crippen molar-refractivity contribution in [1.29, 1.82) is 0 Å². The summed E-state index contributed by atoms with van der Waals surface area (Å²) in [4.78, 5) is 49.6. The van der Waals surface area contributed by atoms with Gasteiger partial charge in [-0.05, 0) is 71.0 Å². The predicted octanol–water partition coefficient (Wildman–Crippen LogP) is 5.62. The molecule has 0 atom stereocenters. The number of amides is 4. The van der Waals surface area contributed by atoms with Crippen LogP contribution in [0.5, 0.6) is 5.75 Å². The highest BCUT2D eigenvalue weighted by Crippen LogP contribution is 2.32. The van der Waals surface area contributed by atoms with Crippen molar-refractivity contribution in [3.8, 4) is 5.75 Å². The number of ether oxygens (including phenoxy) is 1. The number of barbiturate groups is 1. The first-order valence-corrected chi connectivity index (χ1v) is 12.9. The van der Waals surface area contributed by atoms with E-state index in [9.17, 15) is 24.5 Å². The molecule has 3 aromatic carbocycles. The average molecular weight is 676 g/mol. The maximum atomic E-state index is 13.2. The summed E-state index contributed by atoms with van der Waals surface area (Å²) in [5, 5.41) is 13.3. The van der Waals surface area contributed by atoms with Gasteiger partial charge in [-0.15, -0.1) is 0 Å². The normalized spacial score (nSPS) is 14.6. The van der Waals surface area contributed by atoms with E-state index in [0.29, 0.717) is 29.2 Å². The van der Waals surface area contributed by atoms with Gasteiger partial charge in [0, 0.05) is 32.2 Å². The molecule has 0 aliphatic carbocycles. The highest BCUT2D eigenvalue weighted by Gasteiger charge is 2.37. The predicted molar refractivity (Wildman–Crippen MR) is 149 cm³/mol. The van der Waals surface area contributed by atoms with Crippen molar-refractivity contribution >= 4 is 73.8 Å². The first-order valence-electron chi connectivity index (χ1n) is 11.0. The first kappa shape index (κ1) is 26.5. The summed E-state index contributed by atoms with van der Waals surface area (Å²) in [6, 6.07) is 15.5. The van der Waals surface area contributed by atoms with E-state index in [1.165, 1.54) is 24.3 Å². The van der Waals surface area contributed by atoms with Crippen LogP contribution in [0.1, 0.15) is 23.6 Å². The van der Waals surface area contributed by atoms with Crippen LogP contribution >= 0.6 is 38.5 Å². The van der Waals surface area contributed by atoms with Crippen LogP contribution in [0.4, 0.5) is 16.2 Å². The zero-order chi connectivity index (χ0) is 26.7. The van der Waals surface area contributed by atoms with E-state index in [0.717, 1.165) is 25.2 Å². The smallest absolute Gasteiger partial charge is 0.335 e. The lowest BCUT2D eigenvalue weighted by molar-refractivity contribution is -0.384. The van der Waals surface area contributed by atoms with Crippen LogP contribution in [0.3, 0.4) is 0 Å². The van der Waals surface area contributed by atoms with E-state index in [-0.39, 0.29) is 16.9 Å². The van der Waals surface area contributed by atoms with Crippen LogP contribution in [0.2, 0.25) is 0 Å². The fourth-order valence-corrected chi connectivity index (χ4v) is 5.05. The number of hydrogen-bond donors (Lipinski definition) is 1. The molecule has 4 rings (SSSR count).